The van der Waals surface area contributed by atoms with Crippen LogP contribution in [-0.2, 0) is 0 Å². The van der Waals surface area contributed by atoms with Gasteiger partial charge in [-0.15, -0.1) is 0 Å². The highest BCUT2D eigenvalue weighted by Gasteiger charge is 2.57. The van der Waals surface area contributed by atoms with Crippen molar-refractivity contribution in [1.82, 2.24) is 0 Å². The van der Waals surface area contributed by atoms with Gasteiger partial charge >= 0.3 is 0 Å². The highest BCUT2D eigenvalue weighted by Crippen LogP contribution is 2.64. The van der Waals surface area contributed by atoms with Gasteiger partial charge in [-0.05, 0) is 36.5 Å². The third-order valence-electron chi connectivity index (χ3n) is 4.22. The Hall–Kier alpha value is 0.350. The normalized spacial score (nSPS) is 53.5. The second-order valence-corrected chi connectivity index (χ2v) is 6.22. The summed E-state index contributed by atoms with van der Waals surface area (Å²) in [5, 5.41) is 0. The van der Waals surface area contributed by atoms with Crippen LogP contribution >= 0.6 is 12.6 Å². The molecule has 0 radical (unpaired) electrons. The highest BCUT2D eigenvalue weighted by atomic mass is 32.1. The summed E-state index contributed by atoms with van der Waals surface area (Å²) < 4.78 is 0.332. The van der Waals surface area contributed by atoms with E-state index < -0.39 is 0 Å². The van der Waals surface area contributed by atoms with Crippen molar-refractivity contribution in [1.29, 1.82) is 0 Å². The molecule has 3 fully saturated rings. The minimum atomic E-state index is 0.332. The van der Waals surface area contributed by atoms with E-state index in [1.54, 1.807) is 0 Å². The molecule has 3 aliphatic rings. The molecule has 0 amide bonds. The third kappa shape index (κ3) is 0.898. The van der Waals surface area contributed by atoms with Crippen LogP contribution in [0.5, 0.6) is 0 Å². The maximum Gasteiger partial charge on any atom is 0.0135 e. The van der Waals surface area contributed by atoms with Gasteiger partial charge in [0, 0.05) is 4.75 Å². The number of hydrogen-bond donors (Lipinski definition) is 1. The van der Waals surface area contributed by atoms with Crippen LogP contribution in [0.25, 0.3) is 0 Å². The van der Waals surface area contributed by atoms with Gasteiger partial charge in [0.2, 0.25) is 0 Å². The minimum absolute atomic E-state index is 0.332. The van der Waals surface area contributed by atoms with Gasteiger partial charge in [0.25, 0.3) is 0 Å². The van der Waals surface area contributed by atoms with Crippen molar-refractivity contribution < 1.29 is 0 Å². The summed E-state index contributed by atoms with van der Waals surface area (Å²) in [4.78, 5) is 0. The second-order valence-electron chi connectivity index (χ2n) is 5.20. The van der Waals surface area contributed by atoms with Crippen molar-refractivity contribution in [2.24, 2.45) is 17.3 Å². The molecule has 3 saturated carbocycles. The lowest BCUT2D eigenvalue weighted by molar-refractivity contribution is -0.0845. The molecule has 64 valence electrons. The van der Waals surface area contributed by atoms with Crippen LogP contribution in [0.3, 0.4) is 0 Å². The summed E-state index contributed by atoms with van der Waals surface area (Å²) in [6.07, 6.45) is 4.17. The molecule has 0 aliphatic heterocycles. The van der Waals surface area contributed by atoms with Gasteiger partial charge in [-0.1, -0.05) is 20.8 Å². The Morgan fingerprint density at radius 2 is 1.91 bits per heavy atom. The largest absolute Gasteiger partial charge is 0.172 e. The van der Waals surface area contributed by atoms with E-state index in [9.17, 15) is 0 Å². The number of rotatable bonds is 0. The predicted octanol–water partition coefficient (Wildman–Crippen LogP) is 3.13. The topological polar surface area (TPSA) is 0 Å². The Morgan fingerprint density at radius 1 is 1.27 bits per heavy atom. The summed E-state index contributed by atoms with van der Waals surface area (Å²) in [5.41, 5.74) is 0.592. The smallest absolute Gasteiger partial charge is 0.0135 e. The summed E-state index contributed by atoms with van der Waals surface area (Å²) in [6, 6.07) is 0. The van der Waals surface area contributed by atoms with Gasteiger partial charge in [-0.3, -0.25) is 0 Å². The average molecular weight is 170 g/mol. The van der Waals surface area contributed by atoms with E-state index in [2.05, 4.69) is 20.8 Å². The quantitative estimate of drug-likeness (QED) is 0.531. The number of fused-ring (bicyclic) bond motifs is 2. The molecular weight excluding hydrogens is 152 g/mol. The first-order valence-electron chi connectivity index (χ1n) is 4.67. The molecule has 2 unspecified atom stereocenters. The van der Waals surface area contributed by atoms with Gasteiger partial charge in [0.05, 0.1) is 0 Å². The standard InChI is InChI=1S/C10H18S/c1-9(2)7-4-5-10(3,11)8(9)6-7/h7-8,11H,4-6H2,1-3H3/t7?,8?,10-/m0/s1. The van der Waals surface area contributed by atoms with Crippen molar-refractivity contribution in [3.8, 4) is 0 Å². The molecule has 0 aromatic rings. The fourth-order valence-electron chi connectivity index (χ4n) is 3.20. The molecule has 0 saturated heterocycles. The van der Waals surface area contributed by atoms with Crippen molar-refractivity contribution in [3.05, 3.63) is 0 Å². The first-order chi connectivity index (χ1) is 4.94. The Morgan fingerprint density at radius 3 is 2.18 bits per heavy atom. The van der Waals surface area contributed by atoms with Gasteiger partial charge in [0.1, 0.15) is 0 Å². The molecule has 0 N–H and O–H groups in total. The Balaban J connectivity index is 2.23. The molecule has 2 bridgehead atoms. The van der Waals surface area contributed by atoms with Crippen molar-refractivity contribution in [3.63, 3.8) is 0 Å². The molecule has 0 aromatic heterocycles. The van der Waals surface area contributed by atoms with Crippen LogP contribution in [0.4, 0.5) is 0 Å². The van der Waals surface area contributed by atoms with E-state index in [4.69, 9.17) is 12.6 Å². The van der Waals surface area contributed by atoms with E-state index in [1.807, 2.05) is 0 Å². The number of thiol groups is 1. The lowest BCUT2D eigenvalue weighted by Gasteiger charge is -2.63. The first kappa shape index (κ1) is 7.97. The van der Waals surface area contributed by atoms with E-state index in [1.165, 1.54) is 19.3 Å². The zero-order valence-electron chi connectivity index (χ0n) is 7.72. The maximum atomic E-state index is 4.76. The Kier molecular flexibility index (Phi) is 1.44. The highest BCUT2D eigenvalue weighted by molar-refractivity contribution is 7.81. The first-order valence-corrected chi connectivity index (χ1v) is 5.12. The van der Waals surface area contributed by atoms with Crippen LogP contribution in [0.2, 0.25) is 0 Å². The molecule has 11 heavy (non-hydrogen) atoms. The molecule has 0 heterocycles. The molecule has 1 heteroatoms. The number of hydrogen-bond acceptors (Lipinski definition) is 1. The monoisotopic (exact) mass is 170 g/mol. The summed E-state index contributed by atoms with van der Waals surface area (Å²) in [6.45, 7) is 7.15. The van der Waals surface area contributed by atoms with Gasteiger partial charge in [0.15, 0.2) is 0 Å². The van der Waals surface area contributed by atoms with Gasteiger partial charge in [-0.25, -0.2) is 0 Å². The van der Waals surface area contributed by atoms with E-state index >= 15 is 0 Å². The van der Waals surface area contributed by atoms with E-state index in [-0.39, 0.29) is 0 Å². The minimum Gasteiger partial charge on any atom is -0.172 e. The lowest BCUT2D eigenvalue weighted by Crippen LogP contribution is -2.57. The molecule has 0 aromatic carbocycles. The van der Waals surface area contributed by atoms with Gasteiger partial charge < -0.3 is 0 Å². The van der Waals surface area contributed by atoms with Crippen LogP contribution in [0.15, 0.2) is 0 Å². The van der Waals surface area contributed by atoms with Crippen molar-refractivity contribution in [2.75, 3.05) is 0 Å². The summed E-state index contributed by atoms with van der Waals surface area (Å²) >= 11 is 4.76. The zero-order chi connectivity index (χ0) is 8.28. The van der Waals surface area contributed by atoms with E-state index in [0.717, 1.165) is 11.8 Å². The SMILES string of the molecule is CC1(C)C2CC[C@](C)(S)C1C2. The third-order valence-corrected chi connectivity index (χ3v) is 4.76. The molecule has 0 spiro atoms. The van der Waals surface area contributed by atoms with Crippen LogP contribution in [-0.4, -0.2) is 4.75 Å². The maximum absolute atomic E-state index is 4.76. The molecule has 3 aliphatic carbocycles. The summed E-state index contributed by atoms with van der Waals surface area (Å²) in [7, 11) is 0. The van der Waals surface area contributed by atoms with Crippen LogP contribution < -0.4 is 0 Å². The molecule has 3 atom stereocenters. The van der Waals surface area contributed by atoms with Crippen LogP contribution in [0, 0.1) is 17.3 Å². The lowest BCUT2D eigenvalue weighted by atomic mass is 9.45. The summed E-state index contributed by atoms with van der Waals surface area (Å²) in [5.74, 6) is 1.88. The second kappa shape index (κ2) is 1.99. The molecule has 0 nitrogen and oxygen atoms in total. The molecular formula is C10H18S. The fraction of sp³-hybridized carbons (Fsp3) is 1.00. The van der Waals surface area contributed by atoms with Crippen molar-refractivity contribution >= 4 is 12.6 Å². The Labute approximate surface area is 75.2 Å². The average Bonchev–Trinajstić information content (AvgIpc) is 1.84. The zero-order valence-corrected chi connectivity index (χ0v) is 8.62. The predicted molar refractivity (Wildman–Crippen MR) is 52.0 cm³/mol. The van der Waals surface area contributed by atoms with Crippen molar-refractivity contribution in [2.45, 2.75) is 44.8 Å². The van der Waals surface area contributed by atoms with Crippen LogP contribution in [0.1, 0.15) is 40.0 Å². The molecule has 3 rings (SSSR count). The Bertz CT molecular complexity index is 171. The van der Waals surface area contributed by atoms with E-state index in [0.29, 0.717) is 10.2 Å². The van der Waals surface area contributed by atoms with Gasteiger partial charge in [-0.2, -0.15) is 12.6 Å². The fourth-order valence-corrected chi connectivity index (χ4v) is 3.77.